The number of aromatic nitrogens is 1. The molecule has 5 N–H and O–H groups in total. The molecule has 0 fully saturated rings. The highest BCUT2D eigenvalue weighted by Gasteiger charge is 2.25. The number of aryl methyl sites for hydroxylation is 2. The van der Waals surface area contributed by atoms with Gasteiger partial charge >= 0.3 is 0 Å². The van der Waals surface area contributed by atoms with Gasteiger partial charge in [0.2, 0.25) is 10.0 Å². The van der Waals surface area contributed by atoms with Crippen LogP contribution in [0.4, 0.5) is 5.69 Å². The zero-order chi connectivity index (χ0) is 20.1. The molecule has 146 valence electrons. The van der Waals surface area contributed by atoms with Crippen molar-refractivity contribution in [3.63, 3.8) is 0 Å². The summed E-state index contributed by atoms with van der Waals surface area (Å²) in [6, 6.07) is 5.20. The van der Waals surface area contributed by atoms with Crippen LogP contribution in [0.1, 0.15) is 33.6 Å². The molecule has 28 heavy (non-hydrogen) atoms. The van der Waals surface area contributed by atoms with Crippen LogP contribution >= 0.6 is 11.3 Å². The van der Waals surface area contributed by atoms with Crippen LogP contribution in [-0.2, 0) is 22.9 Å². The number of sulfonamides is 1. The minimum atomic E-state index is -3.85. The van der Waals surface area contributed by atoms with Gasteiger partial charge in [0.05, 0.1) is 10.3 Å². The molecule has 0 saturated carbocycles. The maximum absolute atomic E-state index is 12.6. The number of aromatic hydroxyl groups is 1. The molecule has 0 aliphatic heterocycles. The molecule has 10 heteroatoms. The summed E-state index contributed by atoms with van der Waals surface area (Å²) in [4.78, 5) is 29.4. The fraction of sp³-hybridized carbons (Fsp3) is 0.222. The van der Waals surface area contributed by atoms with Crippen molar-refractivity contribution in [2.75, 3.05) is 5.32 Å². The Bertz CT molecular complexity index is 1260. The van der Waals surface area contributed by atoms with Crippen molar-refractivity contribution < 1.29 is 18.3 Å². The number of nitrogens with two attached hydrogens (primary N) is 1. The lowest BCUT2D eigenvalue weighted by Gasteiger charge is -2.12. The first kappa shape index (κ1) is 18.7. The number of H-pyrrole nitrogens is 1. The number of pyridine rings is 1. The molecule has 1 aliphatic carbocycles. The van der Waals surface area contributed by atoms with E-state index < -0.39 is 21.5 Å². The first-order valence-electron chi connectivity index (χ1n) is 8.59. The number of carbonyl (C=O) groups excluding carboxylic acids is 1. The summed E-state index contributed by atoms with van der Waals surface area (Å²) >= 11 is 1.44. The highest BCUT2D eigenvalue weighted by atomic mass is 32.2. The third-order valence-corrected chi connectivity index (χ3v) is 6.90. The van der Waals surface area contributed by atoms with Crippen LogP contribution in [0, 0.1) is 0 Å². The highest BCUT2D eigenvalue weighted by Crippen LogP contribution is 2.40. The van der Waals surface area contributed by atoms with E-state index in [2.05, 4.69) is 10.3 Å². The number of fused-ring (bicyclic) bond motifs is 3. The second-order valence-corrected chi connectivity index (χ2v) is 9.28. The van der Waals surface area contributed by atoms with Gasteiger partial charge in [-0.05, 0) is 55.5 Å². The number of rotatable bonds is 3. The number of carbonyl (C=O) groups is 1. The van der Waals surface area contributed by atoms with Crippen molar-refractivity contribution >= 4 is 43.2 Å². The van der Waals surface area contributed by atoms with Gasteiger partial charge in [0.25, 0.3) is 11.5 Å². The van der Waals surface area contributed by atoms with Crippen LogP contribution in [0.3, 0.4) is 0 Å². The largest absolute Gasteiger partial charge is 0.506 e. The van der Waals surface area contributed by atoms with E-state index >= 15 is 0 Å². The Morgan fingerprint density at radius 2 is 1.86 bits per heavy atom. The van der Waals surface area contributed by atoms with E-state index in [0.29, 0.717) is 10.2 Å². The van der Waals surface area contributed by atoms with Gasteiger partial charge in [-0.25, -0.2) is 13.6 Å². The highest BCUT2D eigenvalue weighted by molar-refractivity contribution is 7.89. The lowest BCUT2D eigenvalue weighted by molar-refractivity contribution is 0.102. The zero-order valence-corrected chi connectivity index (χ0v) is 16.2. The number of amides is 1. The smallest absolute Gasteiger partial charge is 0.265 e. The van der Waals surface area contributed by atoms with Gasteiger partial charge in [-0.3, -0.25) is 9.59 Å². The predicted octanol–water partition coefficient (Wildman–Crippen LogP) is 2.07. The Kier molecular flexibility index (Phi) is 4.48. The monoisotopic (exact) mass is 419 g/mol. The summed E-state index contributed by atoms with van der Waals surface area (Å²) in [5.41, 5.74) is 0.214. The summed E-state index contributed by atoms with van der Waals surface area (Å²) in [6.45, 7) is 0. The molecule has 0 saturated heterocycles. The summed E-state index contributed by atoms with van der Waals surface area (Å²) in [7, 11) is -3.85. The third-order valence-electron chi connectivity index (χ3n) is 4.77. The minimum absolute atomic E-state index is 0.0995. The molecular weight excluding hydrogens is 402 g/mol. The zero-order valence-electron chi connectivity index (χ0n) is 14.6. The molecule has 2 heterocycles. The second kappa shape index (κ2) is 6.73. The van der Waals surface area contributed by atoms with Crippen LogP contribution in [0.2, 0.25) is 0 Å². The summed E-state index contributed by atoms with van der Waals surface area (Å²) in [6.07, 6.45) is 3.75. The Morgan fingerprint density at radius 1 is 1.18 bits per heavy atom. The van der Waals surface area contributed by atoms with Crippen LogP contribution < -0.4 is 16.0 Å². The maximum atomic E-state index is 12.6. The summed E-state index contributed by atoms with van der Waals surface area (Å²) in [5.74, 6) is -1.10. The topological polar surface area (TPSA) is 142 Å². The van der Waals surface area contributed by atoms with Crippen LogP contribution in [0.15, 0.2) is 34.0 Å². The minimum Gasteiger partial charge on any atom is -0.506 e. The molecule has 1 aliphatic rings. The summed E-state index contributed by atoms with van der Waals surface area (Å²) < 4.78 is 22.6. The van der Waals surface area contributed by atoms with Gasteiger partial charge in [-0.1, -0.05) is 0 Å². The maximum Gasteiger partial charge on any atom is 0.265 e. The molecule has 0 spiro atoms. The van der Waals surface area contributed by atoms with Gasteiger partial charge in [-0.15, -0.1) is 11.3 Å². The quantitative estimate of drug-likeness (QED) is 0.514. The van der Waals surface area contributed by atoms with Crippen molar-refractivity contribution in [1.82, 2.24) is 4.98 Å². The van der Waals surface area contributed by atoms with E-state index in [0.717, 1.165) is 36.1 Å². The van der Waals surface area contributed by atoms with Crippen LogP contribution in [0.25, 0.3) is 10.2 Å². The fourth-order valence-corrected chi connectivity index (χ4v) is 5.24. The molecule has 0 bridgehead atoms. The number of hydrogen-bond donors (Lipinski definition) is 4. The van der Waals surface area contributed by atoms with Gasteiger partial charge in [0.15, 0.2) is 0 Å². The molecule has 1 aromatic carbocycles. The van der Waals surface area contributed by atoms with Crippen LogP contribution in [-0.4, -0.2) is 24.4 Å². The standard InChI is InChI=1S/C18H17N3O5S2/c19-28(25,26)10-7-5-9(6-8-10)20-16(23)14-15(22)13-11-3-1-2-4-12(11)27-18(13)21-17(14)24/h5-8H,1-4H2,(H,20,23)(H2,19,25,26)(H2,21,22,24). The molecule has 0 unspecified atom stereocenters. The Labute approximate surface area is 164 Å². The number of primary sulfonamides is 1. The number of anilines is 1. The van der Waals surface area contributed by atoms with E-state index in [1.165, 1.54) is 35.6 Å². The van der Waals surface area contributed by atoms with Crippen molar-refractivity contribution in [2.45, 2.75) is 30.6 Å². The number of thiophene rings is 1. The van der Waals surface area contributed by atoms with Gasteiger partial charge in [-0.2, -0.15) is 0 Å². The van der Waals surface area contributed by atoms with Gasteiger partial charge < -0.3 is 15.4 Å². The van der Waals surface area contributed by atoms with E-state index in [1.807, 2.05) is 0 Å². The number of aromatic amines is 1. The summed E-state index contributed by atoms with van der Waals surface area (Å²) in [5, 5.41) is 18.8. The molecule has 1 amide bonds. The van der Waals surface area contributed by atoms with Crippen LogP contribution in [0.5, 0.6) is 5.75 Å². The average Bonchev–Trinajstić information content (AvgIpc) is 2.99. The Balaban J connectivity index is 1.72. The first-order chi connectivity index (χ1) is 13.3. The number of nitrogens with one attached hydrogen (secondary N) is 2. The van der Waals surface area contributed by atoms with Crippen molar-refractivity contribution in [1.29, 1.82) is 0 Å². The predicted molar refractivity (Wildman–Crippen MR) is 107 cm³/mol. The molecule has 8 nitrogen and oxygen atoms in total. The third kappa shape index (κ3) is 3.19. The second-order valence-electron chi connectivity index (χ2n) is 6.62. The average molecular weight is 419 g/mol. The van der Waals surface area contributed by atoms with E-state index in [9.17, 15) is 23.1 Å². The molecule has 2 aromatic heterocycles. The Hall–Kier alpha value is -2.69. The molecule has 0 radical (unpaired) electrons. The van der Waals surface area contributed by atoms with Crippen molar-refractivity contribution in [2.24, 2.45) is 5.14 Å². The molecule has 3 aromatic rings. The van der Waals surface area contributed by atoms with Crippen molar-refractivity contribution in [3.8, 4) is 5.75 Å². The normalized spacial score (nSPS) is 14.0. The first-order valence-corrected chi connectivity index (χ1v) is 11.0. The number of benzene rings is 1. The molecule has 0 atom stereocenters. The lowest BCUT2D eigenvalue weighted by atomic mass is 9.96. The molecule has 4 rings (SSSR count). The van der Waals surface area contributed by atoms with Gasteiger partial charge in [0.1, 0.15) is 16.1 Å². The fourth-order valence-electron chi connectivity index (χ4n) is 3.43. The van der Waals surface area contributed by atoms with Gasteiger partial charge in [0, 0.05) is 10.6 Å². The SMILES string of the molecule is NS(=O)(=O)c1ccc(NC(=O)c2c(O)c3c4c(sc3[nH]c2=O)CCCC4)cc1. The lowest BCUT2D eigenvalue weighted by Crippen LogP contribution is -2.23. The molecular formula is C18H17N3O5S2. The van der Waals surface area contributed by atoms with E-state index in [1.54, 1.807) is 0 Å². The Morgan fingerprint density at radius 3 is 2.54 bits per heavy atom. The van der Waals surface area contributed by atoms with E-state index in [-0.39, 0.29) is 21.9 Å². The van der Waals surface area contributed by atoms with Crippen molar-refractivity contribution in [3.05, 3.63) is 50.6 Å². The number of hydrogen-bond acceptors (Lipinski definition) is 6. The van der Waals surface area contributed by atoms with E-state index in [4.69, 9.17) is 5.14 Å².